The number of ether oxygens (including phenoxy) is 3. The van der Waals surface area contributed by atoms with Crippen LogP contribution in [0.2, 0.25) is 0 Å². The van der Waals surface area contributed by atoms with Crippen LogP contribution in [-0.4, -0.2) is 11.8 Å². The molecule has 21 heavy (non-hydrogen) atoms. The summed E-state index contributed by atoms with van der Waals surface area (Å²) in [6.07, 6.45) is 0. The number of rotatable bonds is 4. The molecule has 0 saturated heterocycles. The van der Waals surface area contributed by atoms with Crippen LogP contribution in [0.25, 0.3) is 0 Å². The van der Waals surface area contributed by atoms with Crippen LogP contribution in [0, 0.1) is 6.92 Å². The molecule has 0 radical (unpaired) electrons. The number of benzene rings is 2. The quantitative estimate of drug-likeness (QED) is 0.880. The molecule has 0 fully saturated rings. The highest BCUT2D eigenvalue weighted by Crippen LogP contribution is 2.32. The number of nitrogens with two attached hydrogens (primary N) is 1. The van der Waals surface area contributed by atoms with E-state index in [9.17, 15) is 0 Å². The van der Waals surface area contributed by atoms with Crippen LogP contribution in [-0.2, 0) is 6.61 Å². The monoisotopic (exact) mass is 301 g/mol. The van der Waals surface area contributed by atoms with E-state index in [1.54, 1.807) is 0 Å². The lowest BCUT2D eigenvalue weighted by atomic mass is 10.1. The van der Waals surface area contributed by atoms with Gasteiger partial charge in [0.1, 0.15) is 17.3 Å². The fourth-order valence-corrected chi connectivity index (χ4v) is 2.43. The van der Waals surface area contributed by atoms with E-state index in [1.807, 2.05) is 43.3 Å². The third-order valence-electron chi connectivity index (χ3n) is 3.31. The first-order valence-corrected chi connectivity index (χ1v) is 6.96. The van der Waals surface area contributed by atoms with Crippen LogP contribution in [0.5, 0.6) is 17.2 Å². The molecule has 1 aliphatic rings. The fourth-order valence-electron chi connectivity index (χ4n) is 2.20. The van der Waals surface area contributed by atoms with Gasteiger partial charge in [-0.05, 0) is 48.4 Å². The number of aryl methyl sites for hydroxylation is 1. The Morgan fingerprint density at radius 1 is 1.19 bits per heavy atom. The molecular weight excluding hydrogens is 286 g/mol. The predicted molar refractivity (Wildman–Crippen MR) is 84.0 cm³/mol. The molecule has 0 aromatic heterocycles. The Labute approximate surface area is 128 Å². The van der Waals surface area contributed by atoms with Crippen LogP contribution in [0.1, 0.15) is 16.7 Å². The summed E-state index contributed by atoms with van der Waals surface area (Å²) in [6.45, 7) is 2.70. The molecule has 108 valence electrons. The second kappa shape index (κ2) is 5.61. The average molecular weight is 301 g/mol. The molecule has 2 aromatic carbocycles. The van der Waals surface area contributed by atoms with Crippen LogP contribution in [0.3, 0.4) is 0 Å². The minimum Gasteiger partial charge on any atom is -0.489 e. The summed E-state index contributed by atoms with van der Waals surface area (Å²) in [7, 11) is 0. The number of thiocarbonyl (C=S) groups is 1. The van der Waals surface area contributed by atoms with Crippen molar-refractivity contribution >= 4 is 17.2 Å². The van der Waals surface area contributed by atoms with E-state index in [0.29, 0.717) is 11.6 Å². The van der Waals surface area contributed by atoms with E-state index in [4.69, 9.17) is 32.2 Å². The molecule has 1 heterocycles. The summed E-state index contributed by atoms with van der Waals surface area (Å²) < 4.78 is 16.4. The number of hydrogen-bond donors (Lipinski definition) is 1. The smallest absolute Gasteiger partial charge is 0.231 e. The lowest BCUT2D eigenvalue weighted by Crippen LogP contribution is -2.11. The van der Waals surface area contributed by atoms with Crippen molar-refractivity contribution in [1.29, 1.82) is 0 Å². The summed E-state index contributed by atoms with van der Waals surface area (Å²) in [6, 6.07) is 11.5. The molecule has 2 aromatic rings. The Morgan fingerprint density at radius 3 is 2.76 bits per heavy atom. The molecule has 0 bridgehead atoms. The Bertz CT molecular complexity index is 700. The minimum atomic E-state index is 0.277. The Morgan fingerprint density at radius 2 is 2.00 bits per heavy atom. The first-order valence-electron chi connectivity index (χ1n) is 6.55. The van der Waals surface area contributed by atoms with Gasteiger partial charge in [0.25, 0.3) is 0 Å². The van der Waals surface area contributed by atoms with E-state index < -0.39 is 0 Å². The minimum absolute atomic E-state index is 0.277. The molecule has 0 unspecified atom stereocenters. The topological polar surface area (TPSA) is 53.7 Å². The number of hydrogen-bond acceptors (Lipinski definition) is 4. The van der Waals surface area contributed by atoms with E-state index in [2.05, 4.69) is 0 Å². The molecule has 0 saturated carbocycles. The van der Waals surface area contributed by atoms with Crippen molar-refractivity contribution in [2.45, 2.75) is 13.5 Å². The molecule has 0 atom stereocenters. The van der Waals surface area contributed by atoms with Crippen molar-refractivity contribution in [3.8, 4) is 17.2 Å². The van der Waals surface area contributed by atoms with Crippen LogP contribution in [0.4, 0.5) is 0 Å². The normalized spacial score (nSPS) is 12.2. The van der Waals surface area contributed by atoms with Gasteiger partial charge in [-0.2, -0.15) is 0 Å². The highest BCUT2D eigenvalue weighted by molar-refractivity contribution is 7.80. The lowest BCUT2D eigenvalue weighted by Gasteiger charge is -2.10. The van der Waals surface area contributed by atoms with Gasteiger partial charge in [0.05, 0.1) is 0 Å². The Kier molecular flexibility index (Phi) is 3.66. The summed E-state index contributed by atoms with van der Waals surface area (Å²) in [5.74, 6) is 2.32. The predicted octanol–water partition coefficient (Wildman–Crippen LogP) is 2.94. The van der Waals surface area contributed by atoms with Gasteiger partial charge in [0.2, 0.25) is 6.79 Å². The average Bonchev–Trinajstić information content (AvgIpc) is 2.92. The molecule has 3 rings (SSSR count). The maximum atomic E-state index is 5.79. The molecule has 1 aliphatic heterocycles. The standard InChI is InChI=1S/C16H15NO3S/c1-10-6-12(3-4-13(10)16(17)21)18-8-11-2-5-14-15(7-11)20-9-19-14/h2-7H,8-9H2,1H3,(H2,17,21). The zero-order chi connectivity index (χ0) is 14.8. The highest BCUT2D eigenvalue weighted by Gasteiger charge is 2.13. The van der Waals surface area contributed by atoms with Gasteiger partial charge in [0.15, 0.2) is 11.5 Å². The molecule has 0 aliphatic carbocycles. The maximum Gasteiger partial charge on any atom is 0.231 e. The SMILES string of the molecule is Cc1cc(OCc2ccc3c(c2)OCO3)ccc1C(N)=S. The third kappa shape index (κ3) is 2.92. The van der Waals surface area contributed by atoms with Gasteiger partial charge in [-0.1, -0.05) is 18.3 Å². The van der Waals surface area contributed by atoms with Crippen LogP contribution in [0.15, 0.2) is 36.4 Å². The van der Waals surface area contributed by atoms with Crippen molar-refractivity contribution in [3.63, 3.8) is 0 Å². The molecule has 0 spiro atoms. The summed E-state index contributed by atoms with van der Waals surface area (Å²) in [5, 5.41) is 0. The Hall–Kier alpha value is -2.27. The summed E-state index contributed by atoms with van der Waals surface area (Å²) >= 11 is 4.99. The molecular formula is C16H15NO3S. The van der Waals surface area contributed by atoms with Gasteiger partial charge in [-0.15, -0.1) is 0 Å². The second-order valence-electron chi connectivity index (χ2n) is 4.82. The third-order valence-corrected chi connectivity index (χ3v) is 3.53. The molecule has 4 nitrogen and oxygen atoms in total. The first kappa shape index (κ1) is 13.7. The van der Waals surface area contributed by atoms with E-state index in [-0.39, 0.29) is 6.79 Å². The van der Waals surface area contributed by atoms with E-state index >= 15 is 0 Å². The molecule has 2 N–H and O–H groups in total. The van der Waals surface area contributed by atoms with Gasteiger partial charge in [-0.25, -0.2) is 0 Å². The second-order valence-corrected chi connectivity index (χ2v) is 5.26. The van der Waals surface area contributed by atoms with Gasteiger partial charge in [-0.3, -0.25) is 0 Å². The maximum absolute atomic E-state index is 5.79. The van der Waals surface area contributed by atoms with Crippen molar-refractivity contribution in [1.82, 2.24) is 0 Å². The zero-order valence-corrected chi connectivity index (χ0v) is 12.4. The molecule has 5 heteroatoms. The lowest BCUT2D eigenvalue weighted by molar-refractivity contribution is 0.174. The van der Waals surface area contributed by atoms with Crippen molar-refractivity contribution in [2.75, 3.05) is 6.79 Å². The Balaban J connectivity index is 1.70. The van der Waals surface area contributed by atoms with Gasteiger partial charge in [0, 0.05) is 5.56 Å². The van der Waals surface area contributed by atoms with E-state index in [1.165, 1.54) is 0 Å². The fraction of sp³-hybridized carbons (Fsp3) is 0.188. The number of fused-ring (bicyclic) bond motifs is 1. The van der Waals surface area contributed by atoms with Gasteiger partial charge >= 0.3 is 0 Å². The first-order chi connectivity index (χ1) is 10.1. The summed E-state index contributed by atoms with van der Waals surface area (Å²) in [5.41, 5.74) is 8.55. The zero-order valence-electron chi connectivity index (χ0n) is 11.6. The summed E-state index contributed by atoms with van der Waals surface area (Å²) in [4.78, 5) is 0.398. The largest absolute Gasteiger partial charge is 0.489 e. The van der Waals surface area contributed by atoms with Gasteiger partial charge < -0.3 is 19.9 Å². The van der Waals surface area contributed by atoms with Crippen LogP contribution >= 0.6 is 12.2 Å². The van der Waals surface area contributed by atoms with E-state index in [0.717, 1.165) is 33.9 Å². The van der Waals surface area contributed by atoms with Crippen molar-refractivity contribution < 1.29 is 14.2 Å². The van der Waals surface area contributed by atoms with Crippen molar-refractivity contribution in [2.24, 2.45) is 5.73 Å². The molecule has 0 amide bonds. The highest BCUT2D eigenvalue weighted by atomic mass is 32.1. The van der Waals surface area contributed by atoms with Crippen LogP contribution < -0.4 is 19.9 Å². The van der Waals surface area contributed by atoms with Crippen molar-refractivity contribution in [3.05, 3.63) is 53.1 Å².